The fraction of sp³-hybridized carbons (Fsp3) is 0.333. The van der Waals surface area contributed by atoms with Crippen molar-refractivity contribution in [1.82, 2.24) is 5.43 Å². The fourth-order valence-corrected chi connectivity index (χ4v) is 3.72. The molecule has 1 aliphatic heterocycles. The lowest BCUT2D eigenvalue weighted by Gasteiger charge is -2.45. The average molecular weight is 370 g/mol. The van der Waals surface area contributed by atoms with Gasteiger partial charge in [-0.15, -0.1) is 0 Å². The second-order valence-electron chi connectivity index (χ2n) is 7.47. The first-order valence-electron chi connectivity index (χ1n) is 8.75. The fourth-order valence-electron chi connectivity index (χ4n) is 3.52. The molecule has 0 saturated heterocycles. The Hall–Kier alpha value is -2.33. The monoisotopic (exact) mass is 369 g/mol. The van der Waals surface area contributed by atoms with Crippen molar-refractivity contribution in [3.63, 3.8) is 0 Å². The Morgan fingerprint density at radius 3 is 2.69 bits per heavy atom. The van der Waals surface area contributed by atoms with Crippen molar-refractivity contribution < 1.29 is 4.79 Å². The average Bonchev–Trinajstić information content (AvgIpc) is 2.61. The number of hydrazone groups is 1. The van der Waals surface area contributed by atoms with Crippen LogP contribution in [0.3, 0.4) is 0 Å². The molecular formula is C21H24ClN3O. The van der Waals surface area contributed by atoms with Gasteiger partial charge in [0.15, 0.2) is 0 Å². The third-order valence-electron chi connectivity index (χ3n) is 5.16. The van der Waals surface area contributed by atoms with Crippen LogP contribution in [0, 0.1) is 0 Å². The molecule has 0 fully saturated rings. The first-order valence-corrected chi connectivity index (χ1v) is 9.13. The van der Waals surface area contributed by atoms with E-state index < -0.39 is 0 Å². The number of carbonyl (C=O) groups excluding carboxylic acids is 1. The highest BCUT2D eigenvalue weighted by Crippen LogP contribution is 2.44. The summed E-state index contributed by atoms with van der Waals surface area (Å²) in [5, 5.41) is 4.70. The van der Waals surface area contributed by atoms with E-state index in [-0.39, 0.29) is 11.4 Å². The van der Waals surface area contributed by atoms with E-state index in [1.807, 2.05) is 24.3 Å². The summed E-state index contributed by atoms with van der Waals surface area (Å²) in [5.41, 5.74) is 6.43. The zero-order valence-electron chi connectivity index (χ0n) is 15.6. The zero-order chi connectivity index (χ0) is 18.9. The summed E-state index contributed by atoms with van der Waals surface area (Å²) in [5.74, 6) is 0.185. The predicted molar refractivity (Wildman–Crippen MR) is 108 cm³/mol. The topological polar surface area (TPSA) is 44.7 Å². The van der Waals surface area contributed by atoms with Crippen molar-refractivity contribution in [1.29, 1.82) is 0 Å². The van der Waals surface area contributed by atoms with Gasteiger partial charge in [0, 0.05) is 29.4 Å². The highest BCUT2D eigenvalue weighted by Gasteiger charge is 2.34. The van der Waals surface area contributed by atoms with Crippen molar-refractivity contribution in [3.05, 3.63) is 64.2 Å². The van der Waals surface area contributed by atoms with Gasteiger partial charge in [-0.25, -0.2) is 5.43 Å². The molecule has 0 aliphatic carbocycles. The minimum absolute atomic E-state index is 0.0923. The van der Waals surface area contributed by atoms with E-state index in [4.69, 9.17) is 11.6 Å². The van der Waals surface area contributed by atoms with Crippen molar-refractivity contribution in [2.45, 2.75) is 38.6 Å². The van der Waals surface area contributed by atoms with Crippen LogP contribution in [0.4, 0.5) is 5.69 Å². The summed E-state index contributed by atoms with van der Waals surface area (Å²) in [6.07, 6.45) is 2.68. The lowest BCUT2D eigenvalue weighted by Crippen LogP contribution is -2.45. The van der Waals surface area contributed by atoms with Crippen LogP contribution in [0.25, 0.3) is 0 Å². The first-order chi connectivity index (χ1) is 12.3. The summed E-state index contributed by atoms with van der Waals surface area (Å²) >= 11 is 6.47. The van der Waals surface area contributed by atoms with Crippen LogP contribution < -0.4 is 10.3 Å². The van der Waals surface area contributed by atoms with Gasteiger partial charge >= 0.3 is 0 Å². The van der Waals surface area contributed by atoms with E-state index in [9.17, 15) is 4.79 Å². The van der Waals surface area contributed by atoms with Gasteiger partial charge in [-0.1, -0.05) is 36.7 Å². The molecule has 0 aromatic heterocycles. The Morgan fingerprint density at radius 2 is 2.00 bits per heavy atom. The van der Waals surface area contributed by atoms with Crippen molar-refractivity contribution in [2.75, 3.05) is 11.9 Å². The largest absolute Gasteiger partial charge is 0.369 e. The van der Waals surface area contributed by atoms with Crippen LogP contribution in [0.2, 0.25) is 5.02 Å². The molecule has 4 nitrogen and oxygen atoms in total. The number of benzene rings is 2. The molecule has 1 aliphatic rings. The van der Waals surface area contributed by atoms with Gasteiger partial charge in [0.1, 0.15) is 0 Å². The number of fused-ring (bicyclic) bond motifs is 1. The molecule has 5 heteroatoms. The molecule has 1 N–H and O–H groups in total. The lowest BCUT2D eigenvalue weighted by atomic mass is 9.80. The van der Waals surface area contributed by atoms with Gasteiger partial charge in [-0.3, -0.25) is 4.79 Å². The van der Waals surface area contributed by atoms with Crippen molar-refractivity contribution in [2.24, 2.45) is 5.10 Å². The molecule has 1 unspecified atom stereocenters. The molecule has 2 aromatic rings. The highest BCUT2D eigenvalue weighted by atomic mass is 35.5. The minimum atomic E-state index is -0.245. The lowest BCUT2D eigenvalue weighted by molar-refractivity contribution is 0.0955. The molecule has 2 aromatic carbocycles. The van der Waals surface area contributed by atoms with Gasteiger partial charge in [0.2, 0.25) is 0 Å². The van der Waals surface area contributed by atoms with Crippen LogP contribution >= 0.6 is 11.6 Å². The number of nitrogens with one attached hydrogen (secondary N) is 1. The maximum Gasteiger partial charge on any atom is 0.271 e. The van der Waals surface area contributed by atoms with Crippen LogP contribution in [-0.2, 0) is 0 Å². The second kappa shape index (κ2) is 7.12. The summed E-state index contributed by atoms with van der Waals surface area (Å²) in [7, 11) is 2.11. The van der Waals surface area contributed by atoms with E-state index in [2.05, 4.69) is 49.3 Å². The van der Waals surface area contributed by atoms with Crippen LogP contribution in [0.1, 0.15) is 54.6 Å². The zero-order valence-corrected chi connectivity index (χ0v) is 16.3. The molecule has 1 heterocycles. The SMILES string of the molecule is CC1CC(C)(C)N(C)c2cc(Cl)c(/C=N/NC(=O)c3ccccc3)cc21. The van der Waals surface area contributed by atoms with Gasteiger partial charge in [0.25, 0.3) is 5.91 Å². The summed E-state index contributed by atoms with van der Waals surface area (Å²) in [6, 6.07) is 13.1. The van der Waals surface area contributed by atoms with E-state index in [0.717, 1.165) is 17.7 Å². The maximum atomic E-state index is 12.1. The molecule has 26 heavy (non-hydrogen) atoms. The van der Waals surface area contributed by atoms with E-state index >= 15 is 0 Å². The smallest absolute Gasteiger partial charge is 0.271 e. The van der Waals surface area contributed by atoms with E-state index in [0.29, 0.717) is 16.5 Å². The number of nitrogens with zero attached hydrogens (tertiary/aromatic N) is 2. The minimum Gasteiger partial charge on any atom is -0.369 e. The third-order valence-corrected chi connectivity index (χ3v) is 5.49. The molecule has 1 atom stereocenters. The number of rotatable bonds is 3. The number of anilines is 1. The molecule has 0 spiro atoms. The predicted octanol–water partition coefficient (Wildman–Crippen LogP) is 4.83. The first kappa shape index (κ1) is 18.5. The summed E-state index contributed by atoms with van der Waals surface area (Å²) in [6.45, 7) is 6.73. The van der Waals surface area contributed by atoms with Gasteiger partial charge in [-0.05, 0) is 56.0 Å². The Morgan fingerprint density at radius 1 is 1.31 bits per heavy atom. The second-order valence-corrected chi connectivity index (χ2v) is 7.88. The van der Waals surface area contributed by atoms with Gasteiger partial charge < -0.3 is 4.90 Å². The van der Waals surface area contributed by atoms with Crippen molar-refractivity contribution >= 4 is 29.4 Å². The molecular weight excluding hydrogens is 346 g/mol. The summed E-state index contributed by atoms with van der Waals surface area (Å²) in [4.78, 5) is 14.3. The Balaban J connectivity index is 1.82. The van der Waals surface area contributed by atoms with Crippen LogP contribution in [-0.4, -0.2) is 24.7 Å². The number of halogens is 1. The number of amides is 1. The van der Waals surface area contributed by atoms with E-state index in [1.165, 1.54) is 5.56 Å². The van der Waals surface area contributed by atoms with Crippen LogP contribution in [0.5, 0.6) is 0 Å². The Kier molecular flexibility index (Phi) is 5.05. The third kappa shape index (κ3) is 3.61. The normalized spacial score (nSPS) is 18.7. The Bertz CT molecular complexity index is 846. The van der Waals surface area contributed by atoms with Gasteiger partial charge in [-0.2, -0.15) is 5.10 Å². The molecule has 0 saturated carbocycles. The molecule has 136 valence electrons. The van der Waals surface area contributed by atoms with E-state index in [1.54, 1.807) is 18.3 Å². The van der Waals surface area contributed by atoms with Crippen LogP contribution in [0.15, 0.2) is 47.6 Å². The maximum absolute atomic E-state index is 12.1. The highest BCUT2D eigenvalue weighted by molar-refractivity contribution is 6.33. The summed E-state index contributed by atoms with van der Waals surface area (Å²) < 4.78 is 0. The standard InChI is InChI=1S/C21H24ClN3O/c1-14-12-21(2,3)25(4)19-11-18(22)16(10-17(14)19)13-23-24-20(26)15-8-6-5-7-9-15/h5-11,13-14H,12H2,1-4H3,(H,24,26)/b23-13+. The molecule has 0 radical (unpaired) electrons. The molecule has 0 bridgehead atoms. The quantitative estimate of drug-likeness (QED) is 0.622. The molecule has 1 amide bonds. The Labute approximate surface area is 159 Å². The molecule has 3 rings (SSSR count). The number of hydrogen-bond acceptors (Lipinski definition) is 3. The number of hydrogen-bond donors (Lipinski definition) is 1. The number of carbonyl (C=O) groups is 1. The van der Waals surface area contributed by atoms with Crippen molar-refractivity contribution in [3.8, 4) is 0 Å². The van der Waals surface area contributed by atoms with Gasteiger partial charge in [0.05, 0.1) is 11.2 Å².